The van der Waals surface area contributed by atoms with E-state index in [9.17, 15) is 0 Å². The van der Waals surface area contributed by atoms with Crippen LogP contribution in [0.5, 0.6) is 5.75 Å². The molecule has 1 aromatic heterocycles. The number of nitriles is 1. The Morgan fingerprint density at radius 2 is 2.00 bits per heavy atom. The van der Waals surface area contributed by atoms with Gasteiger partial charge in [0.2, 0.25) is 0 Å². The first-order valence-electron chi connectivity index (χ1n) is 6.92. The van der Waals surface area contributed by atoms with Crippen molar-refractivity contribution in [2.24, 2.45) is 0 Å². The van der Waals surface area contributed by atoms with E-state index >= 15 is 0 Å². The molecule has 0 unspecified atom stereocenters. The first kappa shape index (κ1) is 14.8. The second-order valence-electron chi connectivity index (χ2n) is 4.56. The molecule has 0 amide bonds. The number of hydrogen-bond acceptors (Lipinski definition) is 5. The van der Waals surface area contributed by atoms with Gasteiger partial charge in [-0.15, -0.1) is 0 Å². The van der Waals surface area contributed by atoms with Gasteiger partial charge in [0.15, 0.2) is 0 Å². The fourth-order valence-electron chi connectivity index (χ4n) is 1.87. The van der Waals surface area contributed by atoms with Crippen molar-refractivity contribution in [3.8, 4) is 11.8 Å². The number of anilines is 1. The van der Waals surface area contributed by atoms with Crippen LogP contribution < -0.4 is 10.1 Å². The maximum atomic E-state index is 8.72. The maximum Gasteiger partial charge on any atom is 0.130 e. The third kappa shape index (κ3) is 4.46. The molecule has 5 heteroatoms. The van der Waals surface area contributed by atoms with Crippen molar-refractivity contribution >= 4 is 5.82 Å². The summed E-state index contributed by atoms with van der Waals surface area (Å²) in [4.78, 5) is 8.67. The molecule has 0 aliphatic carbocycles. The molecular formula is C16H18N4O. The summed E-state index contributed by atoms with van der Waals surface area (Å²) in [5, 5.41) is 11.9. The van der Waals surface area contributed by atoms with Crippen molar-refractivity contribution in [1.82, 2.24) is 9.97 Å². The highest BCUT2D eigenvalue weighted by atomic mass is 16.5. The molecule has 2 rings (SSSR count). The lowest BCUT2D eigenvalue weighted by Crippen LogP contribution is -2.13. The molecule has 1 aromatic carbocycles. The van der Waals surface area contributed by atoms with E-state index in [1.54, 1.807) is 24.3 Å². The summed E-state index contributed by atoms with van der Waals surface area (Å²) in [6.45, 7) is 5.13. The predicted molar refractivity (Wildman–Crippen MR) is 81.3 cm³/mol. The fourth-order valence-corrected chi connectivity index (χ4v) is 1.87. The number of rotatable bonds is 6. The largest absolute Gasteiger partial charge is 0.492 e. The van der Waals surface area contributed by atoms with Crippen molar-refractivity contribution in [2.45, 2.75) is 20.3 Å². The maximum absolute atomic E-state index is 8.72. The second kappa shape index (κ2) is 7.25. The van der Waals surface area contributed by atoms with Gasteiger partial charge >= 0.3 is 0 Å². The normalized spacial score (nSPS) is 9.95. The van der Waals surface area contributed by atoms with Gasteiger partial charge in [-0.2, -0.15) is 5.26 Å². The number of benzene rings is 1. The highest BCUT2D eigenvalue weighted by Crippen LogP contribution is 2.11. The zero-order valence-electron chi connectivity index (χ0n) is 12.3. The lowest BCUT2D eigenvalue weighted by molar-refractivity contribution is 0.332. The van der Waals surface area contributed by atoms with Gasteiger partial charge in [0.25, 0.3) is 0 Å². The van der Waals surface area contributed by atoms with E-state index in [4.69, 9.17) is 10.00 Å². The minimum atomic E-state index is 0.524. The van der Waals surface area contributed by atoms with E-state index < -0.39 is 0 Å². The summed E-state index contributed by atoms with van der Waals surface area (Å²) in [7, 11) is 0. The molecular weight excluding hydrogens is 264 g/mol. The quantitative estimate of drug-likeness (QED) is 0.825. The van der Waals surface area contributed by atoms with E-state index in [2.05, 4.69) is 28.3 Å². The molecule has 0 spiro atoms. The molecule has 0 aliphatic rings. The summed E-state index contributed by atoms with van der Waals surface area (Å²) >= 11 is 0. The lowest BCUT2D eigenvalue weighted by atomic mass is 10.2. The lowest BCUT2D eigenvalue weighted by Gasteiger charge is -2.09. The van der Waals surface area contributed by atoms with Crippen LogP contribution in [-0.2, 0) is 6.42 Å². The third-order valence-corrected chi connectivity index (χ3v) is 2.91. The molecule has 0 fully saturated rings. The van der Waals surface area contributed by atoms with Gasteiger partial charge in [-0.05, 0) is 37.6 Å². The molecule has 5 nitrogen and oxygen atoms in total. The molecule has 2 aromatic rings. The van der Waals surface area contributed by atoms with E-state index in [1.165, 1.54) is 0 Å². The zero-order chi connectivity index (χ0) is 15.1. The van der Waals surface area contributed by atoms with Crippen LogP contribution in [0.2, 0.25) is 0 Å². The Morgan fingerprint density at radius 3 is 2.67 bits per heavy atom. The van der Waals surface area contributed by atoms with Crippen molar-refractivity contribution < 1.29 is 4.74 Å². The Labute approximate surface area is 124 Å². The number of aromatic nitrogens is 2. The van der Waals surface area contributed by atoms with E-state index in [0.717, 1.165) is 29.5 Å². The molecule has 0 radical (unpaired) electrons. The van der Waals surface area contributed by atoms with Gasteiger partial charge in [-0.1, -0.05) is 6.92 Å². The van der Waals surface area contributed by atoms with E-state index in [-0.39, 0.29) is 0 Å². The Morgan fingerprint density at radius 1 is 1.24 bits per heavy atom. The van der Waals surface area contributed by atoms with Crippen LogP contribution in [0, 0.1) is 18.3 Å². The fraction of sp³-hybridized carbons (Fsp3) is 0.312. The minimum Gasteiger partial charge on any atom is -0.492 e. The second-order valence-corrected chi connectivity index (χ2v) is 4.56. The molecule has 0 atom stereocenters. The Kier molecular flexibility index (Phi) is 5.10. The molecule has 0 saturated heterocycles. The van der Waals surface area contributed by atoms with E-state index in [0.29, 0.717) is 18.7 Å². The smallest absolute Gasteiger partial charge is 0.130 e. The SMILES string of the molecule is CCc1cc(NCCOc2ccc(C#N)cc2)nc(C)n1. The van der Waals surface area contributed by atoms with Crippen LogP contribution in [0.15, 0.2) is 30.3 Å². The van der Waals surface area contributed by atoms with Crippen LogP contribution in [-0.4, -0.2) is 23.1 Å². The Hall–Kier alpha value is -2.61. The van der Waals surface area contributed by atoms with Crippen molar-refractivity contribution in [2.75, 3.05) is 18.5 Å². The molecule has 0 bridgehead atoms. The Balaban J connectivity index is 1.81. The zero-order valence-corrected chi connectivity index (χ0v) is 12.3. The number of aryl methyl sites for hydroxylation is 2. The highest BCUT2D eigenvalue weighted by molar-refractivity contribution is 5.36. The molecule has 0 saturated carbocycles. The summed E-state index contributed by atoms with van der Waals surface area (Å²) in [6.07, 6.45) is 0.889. The summed E-state index contributed by atoms with van der Waals surface area (Å²) < 4.78 is 5.60. The van der Waals surface area contributed by atoms with Crippen LogP contribution in [0.25, 0.3) is 0 Å². The summed E-state index contributed by atoms with van der Waals surface area (Å²) in [5.41, 5.74) is 1.65. The number of hydrogen-bond donors (Lipinski definition) is 1. The molecule has 1 heterocycles. The average molecular weight is 282 g/mol. The summed E-state index contributed by atoms with van der Waals surface area (Å²) in [5.74, 6) is 2.34. The number of ether oxygens (including phenoxy) is 1. The highest BCUT2D eigenvalue weighted by Gasteiger charge is 2.00. The molecule has 0 aliphatic heterocycles. The topological polar surface area (TPSA) is 70.8 Å². The number of nitrogens with zero attached hydrogens (tertiary/aromatic N) is 3. The van der Waals surface area contributed by atoms with Crippen molar-refractivity contribution in [3.63, 3.8) is 0 Å². The molecule has 108 valence electrons. The summed E-state index contributed by atoms with van der Waals surface area (Å²) in [6, 6.07) is 11.1. The van der Waals surface area contributed by atoms with Gasteiger partial charge in [0.1, 0.15) is 24.0 Å². The van der Waals surface area contributed by atoms with Crippen LogP contribution >= 0.6 is 0 Å². The standard InChI is InChI=1S/C16H18N4O/c1-3-14-10-16(20-12(2)19-14)18-8-9-21-15-6-4-13(11-17)5-7-15/h4-7,10H,3,8-9H2,1-2H3,(H,18,19,20). The van der Waals surface area contributed by atoms with Gasteiger partial charge in [-0.25, -0.2) is 9.97 Å². The first-order chi connectivity index (χ1) is 10.2. The number of nitrogens with one attached hydrogen (secondary N) is 1. The van der Waals surface area contributed by atoms with Gasteiger partial charge in [-0.3, -0.25) is 0 Å². The van der Waals surface area contributed by atoms with Gasteiger partial charge < -0.3 is 10.1 Å². The van der Waals surface area contributed by atoms with E-state index in [1.807, 2.05) is 13.0 Å². The first-order valence-corrected chi connectivity index (χ1v) is 6.92. The van der Waals surface area contributed by atoms with Crippen LogP contribution in [0.3, 0.4) is 0 Å². The third-order valence-electron chi connectivity index (χ3n) is 2.91. The van der Waals surface area contributed by atoms with Crippen molar-refractivity contribution in [3.05, 3.63) is 47.4 Å². The van der Waals surface area contributed by atoms with Crippen LogP contribution in [0.4, 0.5) is 5.82 Å². The van der Waals surface area contributed by atoms with Gasteiger partial charge in [0, 0.05) is 11.8 Å². The van der Waals surface area contributed by atoms with Crippen LogP contribution in [0.1, 0.15) is 24.0 Å². The van der Waals surface area contributed by atoms with Crippen molar-refractivity contribution in [1.29, 1.82) is 5.26 Å². The minimum absolute atomic E-state index is 0.524. The Bertz CT molecular complexity index is 632. The predicted octanol–water partition coefficient (Wildman–Crippen LogP) is 2.71. The molecule has 1 N–H and O–H groups in total. The van der Waals surface area contributed by atoms with Gasteiger partial charge in [0.05, 0.1) is 18.2 Å². The molecule has 21 heavy (non-hydrogen) atoms. The monoisotopic (exact) mass is 282 g/mol. The average Bonchev–Trinajstić information content (AvgIpc) is 2.51.